The number of fused-ring (bicyclic) bond motifs is 3. The molecule has 2 heterocycles. The summed E-state index contributed by atoms with van der Waals surface area (Å²) in [4.78, 5) is 15.0. The molecule has 0 N–H and O–H groups in total. The molecule has 51 heavy (non-hydrogen) atoms. The summed E-state index contributed by atoms with van der Waals surface area (Å²) in [6.07, 6.45) is 0. The Hall–Kier alpha value is -6.91. The van der Waals surface area contributed by atoms with E-state index in [0.717, 1.165) is 77.6 Å². The van der Waals surface area contributed by atoms with E-state index < -0.39 is 0 Å². The van der Waals surface area contributed by atoms with E-state index in [-0.39, 0.29) is 0 Å². The second-order valence-electron chi connectivity index (χ2n) is 12.7. The minimum atomic E-state index is 0.640. The molecule has 0 saturated heterocycles. The summed E-state index contributed by atoms with van der Waals surface area (Å²) in [6, 6.07) is 60.9. The Labute approximate surface area is 295 Å². The van der Waals surface area contributed by atoms with Crippen molar-refractivity contribution in [3.05, 3.63) is 176 Å². The lowest BCUT2D eigenvalue weighted by molar-refractivity contribution is 0.489. The molecule has 1 aliphatic rings. The topological polar surface area (TPSA) is 47.9 Å². The summed E-state index contributed by atoms with van der Waals surface area (Å²) in [5.74, 6) is 3.70. The van der Waals surface area contributed by atoms with Crippen LogP contribution in [0.25, 0.3) is 89.1 Å². The van der Waals surface area contributed by atoms with Gasteiger partial charge in [0.25, 0.3) is 0 Å². The van der Waals surface area contributed by atoms with Crippen LogP contribution in [0.2, 0.25) is 0 Å². The third kappa shape index (κ3) is 4.88. The molecule has 0 fully saturated rings. The maximum atomic E-state index is 6.76. The molecule has 0 unspecified atom stereocenters. The highest BCUT2D eigenvalue weighted by Crippen LogP contribution is 2.52. The smallest absolute Gasteiger partial charge is 0.164 e. The summed E-state index contributed by atoms with van der Waals surface area (Å²) < 4.78 is 6.76. The molecule has 10 rings (SSSR count). The molecule has 4 heteroatoms. The van der Waals surface area contributed by atoms with Crippen molar-refractivity contribution in [2.75, 3.05) is 0 Å². The van der Waals surface area contributed by atoms with E-state index in [4.69, 9.17) is 19.7 Å². The van der Waals surface area contributed by atoms with E-state index >= 15 is 0 Å². The van der Waals surface area contributed by atoms with Gasteiger partial charge in [0, 0.05) is 33.2 Å². The zero-order valence-electron chi connectivity index (χ0n) is 27.5. The lowest BCUT2D eigenvalue weighted by Crippen LogP contribution is -2.01. The van der Waals surface area contributed by atoms with Gasteiger partial charge in [-0.2, -0.15) is 0 Å². The number of rotatable bonds is 5. The lowest BCUT2D eigenvalue weighted by Gasteiger charge is -2.25. The largest absolute Gasteiger partial charge is 0.455 e. The molecule has 238 valence electrons. The van der Waals surface area contributed by atoms with Crippen LogP contribution in [0, 0.1) is 0 Å². The van der Waals surface area contributed by atoms with Crippen LogP contribution in [0.5, 0.6) is 11.5 Å². The SMILES string of the molecule is c1ccc(-c2nc(-c3ccccc3)nc(-c3ccc(-c4ccc5c6c(cccc46)-c4cccc(-c6ccccc6)c4O5)c4ccccc34)n2)cc1. The van der Waals surface area contributed by atoms with Gasteiger partial charge in [0.05, 0.1) is 0 Å². The minimum Gasteiger partial charge on any atom is -0.455 e. The number of hydrogen-bond donors (Lipinski definition) is 0. The van der Waals surface area contributed by atoms with Gasteiger partial charge < -0.3 is 4.74 Å². The fourth-order valence-corrected chi connectivity index (χ4v) is 7.39. The molecular weight excluding hydrogens is 623 g/mol. The molecular formula is C47H29N3O. The second kappa shape index (κ2) is 11.9. The third-order valence-electron chi connectivity index (χ3n) is 9.76. The fraction of sp³-hybridized carbons (Fsp3) is 0. The minimum absolute atomic E-state index is 0.640. The Morgan fingerprint density at radius 1 is 0.294 bits per heavy atom. The Morgan fingerprint density at radius 3 is 1.45 bits per heavy atom. The van der Waals surface area contributed by atoms with Crippen LogP contribution in [-0.4, -0.2) is 15.0 Å². The van der Waals surface area contributed by atoms with Crippen molar-refractivity contribution < 1.29 is 4.74 Å². The van der Waals surface area contributed by atoms with Gasteiger partial charge in [0.2, 0.25) is 0 Å². The Balaban J connectivity index is 1.15. The molecule has 8 aromatic carbocycles. The summed E-state index contributed by atoms with van der Waals surface area (Å²) in [5.41, 5.74) is 9.65. The molecule has 0 atom stereocenters. The van der Waals surface area contributed by atoms with Gasteiger partial charge in [-0.1, -0.05) is 164 Å². The van der Waals surface area contributed by atoms with Gasteiger partial charge in [-0.15, -0.1) is 0 Å². The summed E-state index contributed by atoms with van der Waals surface area (Å²) in [5, 5.41) is 4.48. The molecule has 9 aromatic rings. The van der Waals surface area contributed by atoms with Gasteiger partial charge in [0.1, 0.15) is 11.5 Å². The van der Waals surface area contributed by atoms with Gasteiger partial charge in [-0.25, -0.2) is 15.0 Å². The maximum absolute atomic E-state index is 6.76. The number of hydrogen-bond acceptors (Lipinski definition) is 4. The quantitative estimate of drug-likeness (QED) is 0.186. The summed E-state index contributed by atoms with van der Waals surface area (Å²) in [6.45, 7) is 0. The molecule has 0 spiro atoms. The molecule has 0 saturated carbocycles. The number of para-hydroxylation sites is 1. The van der Waals surface area contributed by atoms with Crippen LogP contribution in [0.15, 0.2) is 176 Å². The zero-order chi connectivity index (χ0) is 33.7. The first kappa shape index (κ1) is 29.0. The van der Waals surface area contributed by atoms with Crippen molar-refractivity contribution in [3.63, 3.8) is 0 Å². The average Bonchev–Trinajstić information content (AvgIpc) is 3.21. The molecule has 1 aromatic heterocycles. The Morgan fingerprint density at radius 2 is 0.765 bits per heavy atom. The molecule has 0 radical (unpaired) electrons. The van der Waals surface area contributed by atoms with Gasteiger partial charge in [-0.3, -0.25) is 0 Å². The third-order valence-corrected chi connectivity index (χ3v) is 9.76. The van der Waals surface area contributed by atoms with Crippen molar-refractivity contribution in [2.45, 2.75) is 0 Å². The molecule has 0 bridgehead atoms. The van der Waals surface area contributed by atoms with Crippen LogP contribution < -0.4 is 4.74 Å². The Bertz CT molecular complexity index is 2700. The fourth-order valence-electron chi connectivity index (χ4n) is 7.39. The van der Waals surface area contributed by atoms with Crippen molar-refractivity contribution in [3.8, 4) is 79.0 Å². The van der Waals surface area contributed by atoms with E-state index in [1.807, 2.05) is 66.7 Å². The first-order valence-electron chi connectivity index (χ1n) is 17.1. The number of benzene rings is 8. The molecule has 0 aliphatic carbocycles. The zero-order valence-corrected chi connectivity index (χ0v) is 27.5. The van der Waals surface area contributed by atoms with E-state index in [1.54, 1.807) is 0 Å². The lowest BCUT2D eigenvalue weighted by atomic mass is 9.87. The molecule has 1 aliphatic heterocycles. The average molecular weight is 652 g/mol. The van der Waals surface area contributed by atoms with E-state index in [0.29, 0.717) is 17.5 Å². The van der Waals surface area contributed by atoms with E-state index in [2.05, 4.69) is 109 Å². The maximum Gasteiger partial charge on any atom is 0.164 e. The molecule has 4 nitrogen and oxygen atoms in total. The van der Waals surface area contributed by atoms with E-state index in [1.165, 1.54) is 5.56 Å². The van der Waals surface area contributed by atoms with E-state index in [9.17, 15) is 0 Å². The number of aromatic nitrogens is 3. The predicted molar refractivity (Wildman–Crippen MR) is 208 cm³/mol. The second-order valence-corrected chi connectivity index (χ2v) is 12.7. The van der Waals surface area contributed by atoms with Crippen molar-refractivity contribution >= 4 is 21.5 Å². The molecule has 0 amide bonds. The van der Waals surface area contributed by atoms with Crippen LogP contribution in [0.3, 0.4) is 0 Å². The summed E-state index contributed by atoms with van der Waals surface area (Å²) in [7, 11) is 0. The van der Waals surface area contributed by atoms with Gasteiger partial charge in [-0.05, 0) is 50.5 Å². The Kier molecular flexibility index (Phi) is 6.78. The van der Waals surface area contributed by atoms with Crippen molar-refractivity contribution in [1.82, 2.24) is 15.0 Å². The first-order chi connectivity index (χ1) is 25.3. The standard InChI is InChI=1S/C47H29N3O/c1-4-14-30(15-5-1)33-22-12-25-40-39-24-13-23-38-37(28-29-42(43(38)39)51-44(33)40)36-26-27-41(35-21-11-10-20-34(35)36)47-49-45(31-16-6-2-7-17-31)48-46(50-47)32-18-8-3-9-19-32/h1-29H. The van der Waals surface area contributed by atoms with Gasteiger partial charge >= 0.3 is 0 Å². The van der Waals surface area contributed by atoms with Crippen LogP contribution >= 0.6 is 0 Å². The highest BCUT2D eigenvalue weighted by atomic mass is 16.5. The van der Waals surface area contributed by atoms with Crippen molar-refractivity contribution in [1.29, 1.82) is 0 Å². The first-order valence-corrected chi connectivity index (χ1v) is 17.1. The van der Waals surface area contributed by atoms with Gasteiger partial charge in [0.15, 0.2) is 17.5 Å². The van der Waals surface area contributed by atoms with Crippen LogP contribution in [0.1, 0.15) is 0 Å². The predicted octanol–water partition coefficient (Wildman–Crippen LogP) is 12.3. The van der Waals surface area contributed by atoms with Crippen molar-refractivity contribution in [2.24, 2.45) is 0 Å². The summed E-state index contributed by atoms with van der Waals surface area (Å²) >= 11 is 0. The highest BCUT2D eigenvalue weighted by Gasteiger charge is 2.25. The normalized spacial score (nSPS) is 11.7. The van der Waals surface area contributed by atoms with Crippen LogP contribution in [0.4, 0.5) is 0 Å². The highest BCUT2D eigenvalue weighted by molar-refractivity contribution is 6.14. The van der Waals surface area contributed by atoms with Crippen LogP contribution in [-0.2, 0) is 0 Å². The monoisotopic (exact) mass is 651 g/mol. The number of nitrogens with zero attached hydrogens (tertiary/aromatic N) is 3. The number of ether oxygens (including phenoxy) is 1.